The third-order valence-electron chi connectivity index (χ3n) is 3.84. The van der Waals surface area contributed by atoms with Gasteiger partial charge in [-0.15, -0.1) is 0 Å². The van der Waals surface area contributed by atoms with Gasteiger partial charge in [0.15, 0.2) is 5.69 Å². The van der Waals surface area contributed by atoms with E-state index in [-0.39, 0.29) is 23.6 Å². The Morgan fingerprint density at radius 2 is 2.12 bits per heavy atom. The van der Waals surface area contributed by atoms with Crippen molar-refractivity contribution < 1.29 is 19.0 Å². The Morgan fingerprint density at radius 3 is 2.77 bits per heavy atom. The van der Waals surface area contributed by atoms with Crippen LogP contribution in [0.1, 0.15) is 23.0 Å². The number of aromatic carboxylic acids is 1. The highest BCUT2D eigenvalue weighted by molar-refractivity contribution is 5.86. The van der Waals surface area contributed by atoms with Crippen LogP contribution < -0.4 is 10.5 Å². The highest BCUT2D eigenvalue weighted by Crippen LogP contribution is 2.28. The zero-order chi connectivity index (χ0) is 18.7. The van der Waals surface area contributed by atoms with Gasteiger partial charge in [-0.3, -0.25) is 4.57 Å². The summed E-state index contributed by atoms with van der Waals surface area (Å²) in [5.74, 6) is -0.889. The summed E-state index contributed by atoms with van der Waals surface area (Å²) < 4.78 is 21.6. The van der Waals surface area contributed by atoms with Crippen LogP contribution >= 0.6 is 0 Å². The number of hydrogen-bond acceptors (Lipinski definition) is 4. The van der Waals surface area contributed by atoms with Gasteiger partial charge in [-0.2, -0.15) is 0 Å². The van der Waals surface area contributed by atoms with Crippen molar-refractivity contribution >= 4 is 5.97 Å². The van der Waals surface area contributed by atoms with Crippen LogP contribution in [-0.4, -0.2) is 27.2 Å². The molecule has 0 fully saturated rings. The molecule has 0 bridgehead atoms. The van der Waals surface area contributed by atoms with Gasteiger partial charge >= 0.3 is 5.97 Å². The molecule has 0 atom stereocenters. The van der Waals surface area contributed by atoms with Gasteiger partial charge in [-0.1, -0.05) is 12.1 Å². The van der Waals surface area contributed by atoms with Crippen molar-refractivity contribution in [1.82, 2.24) is 9.55 Å². The molecule has 6 nitrogen and oxygen atoms in total. The number of carboxylic acids is 1. The zero-order valence-corrected chi connectivity index (χ0v) is 14.1. The lowest BCUT2D eigenvalue weighted by atomic mass is 10.1. The van der Waals surface area contributed by atoms with Crippen molar-refractivity contribution in [3.63, 3.8) is 0 Å². The molecule has 3 aromatic rings. The molecule has 0 aliphatic rings. The molecule has 7 heteroatoms. The third kappa shape index (κ3) is 3.43. The van der Waals surface area contributed by atoms with Crippen LogP contribution in [0.3, 0.4) is 0 Å². The second-order valence-corrected chi connectivity index (χ2v) is 5.57. The second kappa shape index (κ2) is 7.37. The minimum atomic E-state index is -1.19. The smallest absolute Gasteiger partial charge is 0.356 e. The topological polar surface area (TPSA) is 90.4 Å². The van der Waals surface area contributed by atoms with Crippen LogP contribution in [0.15, 0.2) is 48.7 Å². The van der Waals surface area contributed by atoms with Gasteiger partial charge in [0.1, 0.15) is 17.4 Å². The molecule has 2 aromatic carbocycles. The molecule has 0 unspecified atom stereocenters. The van der Waals surface area contributed by atoms with E-state index < -0.39 is 11.8 Å². The molecule has 0 saturated carbocycles. The highest BCUT2D eigenvalue weighted by atomic mass is 19.1. The van der Waals surface area contributed by atoms with Crippen molar-refractivity contribution in [1.29, 1.82) is 0 Å². The normalized spacial score (nSPS) is 10.7. The van der Waals surface area contributed by atoms with Gasteiger partial charge < -0.3 is 15.6 Å². The summed E-state index contributed by atoms with van der Waals surface area (Å²) in [6, 6.07) is 11.6. The van der Waals surface area contributed by atoms with Crippen LogP contribution in [0.5, 0.6) is 5.75 Å². The summed E-state index contributed by atoms with van der Waals surface area (Å²) in [5, 5.41) is 9.30. The van der Waals surface area contributed by atoms with Gasteiger partial charge in [0.05, 0.1) is 17.9 Å². The average molecular weight is 355 g/mol. The van der Waals surface area contributed by atoms with E-state index in [9.17, 15) is 14.3 Å². The minimum Gasteiger partial charge on any atom is -0.494 e. The van der Waals surface area contributed by atoms with Gasteiger partial charge in [-0.05, 0) is 36.8 Å². The van der Waals surface area contributed by atoms with Crippen molar-refractivity contribution in [2.24, 2.45) is 5.73 Å². The lowest BCUT2D eigenvalue weighted by molar-refractivity contribution is 0.0691. The quantitative estimate of drug-likeness (QED) is 0.708. The summed E-state index contributed by atoms with van der Waals surface area (Å²) in [5.41, 5.74) is 6.81. The number of nitrogens with zero attached hydrogens (tertiary/aromatic N) is 2. The summed E-state index contributed by atoms with van der Waals surface area (Å²) in [6.45, 7) is 2.57. The van der Waals surface area contributed by atoms with E-state index in [1.165, 1.54) is 16.8 Å². The Balaban J connectivity index is 2.17. The average Bonchev–Trinajstić information content (AvgIpc) is 3.07. The lowest BCUT2D eigenvalue weighted by Gasteiger charge is -2.11. The van der Waals surface area contributed by atoms with E-state index in [4.69, 9.17) is 10.5 Å². The number of carbonyl (C=O) groups is 1. The first-order chi connectivity index (χ1) is 12.5. The van der Waals surface area contributed by atoms with E-state index in [1.807, 2.05) is 6.92 Å². The first-order valence-electron chi connectivity index (χ1n) is 8.08. The predicted molar refractivity (Wildman–Crippen MR) is 95.0 cm³/mol. The molecule has 26 heavy (non-hydrogen) atoms. The van der Waals surface area contributed by atoms with Crippen LogP contribution in [-0.2, 0) is 6.54 Å². The van der Waals surface area contributed by atoms with Crippen molar-refractivity contribution in [3.05, 3.63) is 65.7 Å². The Bertz CT molecular complexity index is 953. The zero-order valence-electron chi connectivity index (χ0n) is 14.1. The number of rotatable bonds is 6. The van der Waals surface area contributed by atoms with E-state index >= 15 is 0 Å². The molecule has 0 saturated heterocycles. The fourth-order valence-electron chi connectivity index (χ4n) is 2.63. The summed E-state index contributed by atoms with van der Waals surface area (Å²) in [6.07, 6.45) is 1.36. The monoisotopic (exact) mass is 355 g/mol. The number of hydrogen-bond donors (Lipinski definition) is 2. The van der Waals surface area contributed by atoms with Gasteiger partial charge in [-0.25, -0.2) is 14.2 Å². The maximum Gasteiger partial charge on any atom is 0.356 e. The molecule has 1 aromatic heterocycles. The Kier molecular flexibility index (Phi) is 4.99. The van der Waals surface area contributed by atoms with E-state index in [0.29, 0.717) is 23.6 Å². The summed E-state index contributed by atoms with van der Waals surface area (Å²) in [4.78, 5) is 15.5. The standard InChI is InChI=1S/C19H18FN3O3/c1-2-26-14-5-3-4-13(9-14)23-11-17(19(24)25)22-18(23)15-7-6-12(10-21)8-16(15)20/h3-9,11H,2,10,21H2,1H3,(H,24,25). The summed E-state index contributed by atoms with van der Waals surface area (Å²) >= 11 is 0. The number of halogens is 1. The molecule has 0 aliphatic heterocycles. The molecular formula is C19H18FN3O3. The van der Waals surface area contributed by atoms with Gasteiger partial charge in [0, 0.05) is 18.8 Å². The number of aromatic nitrogens is 2. The van der Waals surface area contributed by atoms with Gasteiger partial charge in [0.2, 0.25) is 0 Å². The number of benzene rings is 2. The Morgan fingerprint density at radius 1 is 1.31 bits per heavy atom. The molecular weight excluding hydrogens is 337 g/mol. The number of carboxylic acid groups (broad SMARTS) is 1. The Labute approximate surface area is 149 Å². The second-order valence-electron chi connectivity index (χ2n) is 5.57. The fourth-order valence-corrected chi connectivity index (χ4v) is 2.63. The minimum absolute atomic E-state index is 0.177. The maximum atomic E-state index is 14.5. The highest BCUT2D eigenvalue weighted by Gasteiger charge is 2.19. The van der Waals surface area contributed by atoms with E-state index in [2.05, 4.69) is 4.98 Å². The van der Waals surface area contributed by atoms with Crippen LogP contribution in [0.25, 0.3) is 17.1 Å². The van der Waals surface area contributed by atoms with Crippen LogP contribution in [0, 0.1) is 5.82 Å². The largest absolute Gasteiger partial charge is 0.494 e. The van der Waals surface area contributed by atoms with E-state index in [0.717, 1.165) is 0 Å². The summed E-state index contributed by atoms with van der Waals surface area (Å²) in [7, 11) is 0. The number of imidazole rings is 1. The Hall–Kier alpha value is -3.19. The van der Waals surface area contributed by atoms with Gasteiger partial charge in [0.25, 0.3) is 0 Å². The van der Waals surface area contributed by atoms with Crippen molar-refractivity contribution in [2.75, 3.05) is 6.61 Å². The molecule has 0 radical (unpaired) electrons. The lowest BCUT2D eigenvalue weighted by Crippen LogP contribution is -2.01. The number of ether oxygens (including phenoxy) is 1. The molecule has 134 valence electrons. The van der Waals surface area contributed by atoms with E-state index in [1.54, 1.807) is 36.4 Å². The van der Waals surface area contributed by atoms with Crippen LogP contribution in [0.2, 0.25) is 0 Å². The number of nitrogens with two attached hydrogens (primary N) is 1. The first-order valence-corrected chi connectivity index (χ1v) is 8.08. The first kappa shape index (κ1) is 17.6. The maximum absolute atomic E-state index is 14.5. The molecule has 0 aliphatic carbocycles. The molecule has 0 amide bonds. The molecule has 1 heterocycles. The molecule has 3 N–H and O–H groups in total. The van der Waals surface area contributed by atoms with Crippen molar-refractivity contribution in [2.45, 2.75) is 13.5 Å². The molecule has 3 rings (SSSR count). The molecule has 0 spiro atoms. The third-order valence-corrected chi connectivity index (χ3v) is 3.84. The van der Waals surface area contributed by atoms with Crippen molar-refractivity contribution in [3.8, 4) is 22.8 Å². The fraction of sp³-hybridized carbons (Fsp3) is 0.158. The van der Waals surface area contributed by atoms with Crippen LogP contribution in [0.4, 0.5) is 4.39 Å². The predicted octanol–water partition coefficient (Wildman–Crippen LogP) is 3.23. The SMILES string of the molecule is CCOc1cccc(-n2cc(C(=O)O)nc2-c2ccc(CN)cc2F)c1.